The second-order valence-corrected chi connectivity index (χ2v) is 10.5. The number of esters is 2. The maximum Gasteiger partial charge on any atom is 0.343 e. The fourth-order valence-electron chi connectivity index (χ4n) is 3.33. The first-order valence-corrected chi connectivity index (χ1v) is 13.8. The number of ether oxygens (including phenoxy) is 2. The van der Waals surface area contributed by atoms with Gasteiger partial charge in [0, 0.05) is 16.2 Å². The van der Waals surface area contributed by atoms with Crippen LogP contribution in [0, 0.1) is 11.3 Å². The second kappa shape index (κ2) is 12.6. The fourth-order valence-corrected chi connectivity index (χ4v) is 4.10. The standard InChI is InChI=1S/C29H18ClN3O6S/c30-40(36,37)23-16-17-26(38-28(34)21-12-6-2-7-13-21)24(18-23)32-33-25(19-31)27(20-10-4-1-5-11-20)39-29(35)22-14-8-3-9-15-22/h1-18H. The number of rotatable bonds is 8. The number of hydrogen-bond acceptors (Lipinski definition) is 9. The highest BCUT2D eigenvalue weighted by Gasteiger charge is 2.19. The summed E-state index contributed by atoms with van der Waals surface area (Å²) in [4.78, 5) is 25.1. The van der Waals surface area contributed by atoms with Crippen LogP contribution in [0.4, 0.5) is 5.69 Å². The van der Waals surface area contributed by atoms with Crippen LogP contribution in [0.5, 0.6) is 5.75 Å². The molecule has 0 bridgehead atoms. The number of carbonyl (C=O) groups excluding carboxylic acids is 2. The zero-order valence-electron chi connectivity index (χ0n) is 20.5. The molecular formula is C29H18ClN3O6S. The number of azo groups is 1. The third kappa shape index (κ3) is 7.05. The predicted molar refractivity (Wildman–Crippen MR) is 146 cm³/mol. The molecule has 0 spiro atoms. The Morgan fingerprint density at radius 1 is 0.750 bits per heavy atom. The molecule has 4 aromatic rings. The molecule has 4 rings (SSSR count). The molecule has 0 unspecified atom stereocenters. The van der Waals surface area contributed by atoms with Gasteiger partial charge >= 0.3 is 11.9 Å². The van der Waals surface area contributed by atoms with E-state index in [4.69, 9.17) is 20.2 Å². The molecule has 0 heterocycles. The van der Waals surface area contributed by atoms with Crippen molar-refractivity contribution in [1.29, 1.82) is 5.26 Å². The molecule has 40 heavy (non-hydrogen) atoms. The largest absolute Gasteiger partial charge is 0.421 e. The summed E-state index contributed by atoms with van der Waals surface area (Å²) < 4.78 is 34.9. The van der Waals surface area contributed by atoms with Crippen LogP contribution >= 0.6 is 10.7 Å². The van der Waals surface area contributed by atoms with Crippen LogP contribution in [-0.4, -0.2) is 20.4 Å². The average molecular weight is 572 g/mol. The van der Waals surface area contributed by atoms with Crippen molar-refractivity contribution in [1.82, 2.24) is 0 Å². The number of allylic oxidation sites excluding steroid dienone is 1. The van der Waals surface area contributed by atoms with E-state index in [1.54, 1.807) is 78.9 Å². The first-order chi connectivity index (χ1) is 19.3. The van der Waals surface area contributed by atoms with E-state index >= 15 is 0 Å². The highest BCUT2D eigenvalue weighted by atomic mass is 35.7. The van der Waals surface area contributed by atoms with Gasteiger partial charge in [0.25, 0.3) is 9.05 Å². The van der Waals surface area contributed by atoms with Crippen LogP contribution in [0.25, 0.3) is 5.76 Å². The van der Waals surface area contributed by atoms with Crippen molar-refractivity contribution < 1.29 is 27.5 Å². The van der Waals surface area contributed by atoms with Gasteiger partial charge in [0.1, 0.15) is 11.8 Å². The number of nitrogens with zero attached hydrogens (tertiary/aromatic N) is 3. The van der Waals surface area contributed by atoms with Crippen molar-refractivity contribution >= 4 is 43.1 Å². The minimum Gasteiger partial charge on any atom is -0.421 e. The third-order valence-electron chi connectivity index (χ3n) is 5.24. The highest BCUT2D eigenvalue weighted by molar-refractivity contribution is 8.13. The lowest BCUT2D eigenvalue weighted by Gasteiger charge is -2.10. The Morgan fingerprint density at radius 3 is 1.80 bits per heavy atom. The molecule has 0 saturated carbocycles. The van der Waals surface area contributed by atoms with Crippen molar-refractivity contribution in [2.45, 2.75) is 4.90 Å². The van der Waals surface area contributed by atoms with Gasteiger partial charge in [-0.05, 0) is 42.5 Å². The van der Waals surface area contributed by atoms with Crippen LogP contribution in [0.3, 0.4) is 0 Å². The molecule has 4 aromatic carbocycles. The summed E-state index contributed by atoms with van der Waals surface area (Å²) in [6.07, 6.45) is 0. The molecule has 0 radical (unpaired) electrons. The van der Waals surface area contributed by atoms with Crippen LogP contribution in [0.15, 0.2) is 130 Å². The zero-order chi connectivity index (χ0) is 28.5. The van der Waals surface area contributed by atoms with Gasteiger partial charge in [0.05, 0.1) is 16.0 Å². The third-order valence-corrected chi connectivity index (χ3v) is 6.59. The van der Waals surface area contributed by atoms with Gasteiger partial charge < -0.3 is 9.47 Å². The molecule has 0 aliphatic carbocycles. The Hall–Kier alpha value is -5.11. The van der Waals surface area contributed by atoms with Crippen molar-refractivity contribution in [3.63, 3.8) is 0 Å². The average Bonchev–Trinajstić information content (AvgIpc) is 2.98. The number of carbonyl (C=O) groups is 2. The minimum atomic E-state index is -4.19. The maximum atomic E-state index is 12.8. The van der Waals surface area contributed by atoms with Gasteiger partial charge in [-0.25, -0.2) is 18.0 Å². The van der Waals surface area contributed by atoms with E-state index in [1.165, 1.54) is 18.2 Å². The molecule has 0 aliphatic heterocycles. The lowest BCUT2D eigenvalue weighted by atomic mass is 10.1. The monoisotopic (exact) mass is 571 g/mol. The SMILES string of the molecule is N#CC(N=Nc1cc(S(=O)(=O)Cl)ccc1OC(=O)c1ccccc1)=C(OC(=O)c1ccccc1)c1ccccc1. The number of hydrogen-bond donors (Lipinski definition) is 0. The molecule has 0 aromatic heterocycles. The lowest BCUT2D eigenvalue weighted by molar-refractivity contribution is 0.0688. The molecule has 0 N–H and O–H groups in total. The Kier molecular flexibility index (Phi) is 8.81. The molecular weight excluding hydrogens is 554 g/mol. The number of nitriles is 1. The smallest absolute Gasteiger partial charge is 0.343 e. The van der Waals surface area contributed by atoms with Crippen LogP contribution in [-0.2, 0) is 13.8 Å². The predicted octanol–water partition coefficient (Wildman–Crippen LogP) is 6.67. The Labute approximate surface area is 234 Å². The van der Waals surface area contributed by atoms with Crippen LogP contribution in [0.2, 0.25) is 0 Å². The van der Waals surface area contributed by atoms with E-state index in [1.807, 2.05) is 6.07 Å². The van der Waals surface area contributed by atoms with Crippen molar-refractivity contribution in [2.75, 3.05) is 0 Å². The van der Waals surface area contributed by atoms with Crippen LogP contribution < -0.4 is 4.74 Å². The maximum absolute atomic E-state index is 12.8. The zero-order valence-corrected chi connectivity index (χ0v) is 22.0. The molecule has 0 saturated heterocycles. The van der Waals surface area contributed by atoms with E-state index in [9.17, 15) is 23.3 Å². The minimum absolute atomic E-state index is 0.151. The Balaban J connectivity index is 1.78. The topological polar surface area (TPSA) is 135 Å². The Morgan fingerprint density at radius 2 is 1.27 bits per heavy atom. The second-order valence-electron chi connectivity index (χ2n) is 7.93. The van der Waals surface area contributed by atoms with Crippen LogP contribution in [0.1, 0.15) is 26.3 Å². The van der Waals surface area contributed by atoms with Crippen molar-refractivity contribution in [2.24, 2.45) is 10.2 Å². The van der Waals surface area contributed by atoms with Crippen molar-refractivity contribution in [3.05, 3.63) is 132 Å². The summed E-state index contributed by atoms with van der Waals surface area (Å²) in [6.45, 7) is 0. The summed E-state index contributed by atoms with van der Waals surface area (Å²) in [6, 6.07) is 29.7. The number of benzene rings is 4. The summed E-state index contributed by atoms with van der Waals surface area (Å²) >= 11 is 0. The van der Waals surface area contributed by atoms with E-state index < -0.39 is 26.7 Å². The van der Waals surface area contributed by atoms with Gasteiger partial charge in [0.2, 0.25) is 5.70 Å². The molecule has 0 fully saturated rings. The summed E-state index contributed by atoms with van der Waals surface area (Å²) in [5, 5.41) is 17.8. The van der Waals surface area contributed by atoms with Gasteiger partial charge in [0.15, 0.2) is 11.5 Å². The summed E-state index contributed by atoms with van der Waals surface area (Å²) in [5.74, 6) is -1.82. The van der Waals surface area contributed by atoms with E-state index in [-0.39, 0.29) is 33.2 Å². The first kappa shape index (κ1) is 27.9. The molecule has 198 valence electrons. The van der Waals surface area contributed by atoms with Gasteiger partial charge in [-0.2, -0.15) is 5.26 Å². The fraction of sp³-hybridized carbons (Fsp3) is 0. The summed E-state index contributed by atoms with van der Waals surface area (Å²) in [7, 11) is 1.30. The highest BCUT2D eigenvalue weighted by Crippen LogP contribution is 2.34. The van der Waals surface area contributed by atoms with Gasteiger partial charge in [-0.1, -0.05) is 66.7 Å². The van der Waals surface area contributed by atoms with E-state index in [0.717, 1.165) is 12.1 Å². The first-order valence-electron chi connectivity index (χ1n) is 11.5. The molecule has 0 amide bonds. The molecule has 0 aliphatic rings. The lowest BCUT2D eigenvalue weighted by Crippen LogP contribution is -2.08. The summed E-state index contributed by atoms with van der Waals surface area (Å²) in [5.41, 5.74) is 0.196. The van der Waals surface area contributed by atoms with Gasteiger partial charge in [-0.15, -0.1) is 10.2 Å². The molecule has 0 atom stereocenters. The quantitative estimate of drug-likeness (QED) is 0.0575. The molecule has 9 nitrogen and oxygen atoms in total. The van der Waals surface area contributed by atoms with Gasteiger partial charge in [-0.3, -0.25) is 0 Å². The Bertz CT molecular complexity index is 1750. The van der Waals surface area contributed by atoms with Crippen molar-refractivity contribution in [3.8, 4) is 11.8 Å². The normalized spacial score (nSPS) is 11.8. The number of halogens is 1. The molecule has 11 heteroatoms. The van der Waals surface area contributed by atoms with E-state index in [0.29, 0.717) is 5.56 Å². The van der Waals surface area contributed by atoms with E-state index in [2.05, 4.69) is 10.2 Å².